The number of rotatable bonds is 8. The summed E-state index contributed by atoms with van der Waals surface area (Å²) in [5.74, 6) is 0. The van der Waals surface area contributed by atoms with Crippen LogP contribution in [0.25, 0.3) is 0 Å². The van der Waals surface area contributed by atoms with Crippen molar-refractivity contribution in [3.63, 3.8) is 0 Å². The van der Waals surface area contributed by atoms with Crippen molar-refractivity contribution in [3.05, 3.63) is 17.7 Å². The molecule has 1 aromatic heterocycles. The third kappa shape index (κ3) is 5.84. The number of nitrogens with zero attached hydrogens (tertiary/aromatic N) is 2. The molecule has 0 saturated heterocycles. The maximum absolute atomic E-state index is 12.0. The van der Waals surface area contributed by atoms with Gasteiger partial charge < -0.3 is 0 Å². The number of sulfonamides is 1. The lowest BCUT2D eigenvalue weighted by molar-refractivity contribution is 0.521. The van der Waals surface area contributed by atoms with Gasteiger partial charge in [0.2, 0.25) is 15.3 Å². The van der Waals surface area contributed by atoms with E-state index in [1.165, 1.54) is 25.2 Å². The van der Waals surface area contributed by atoms with Crippen molar-refractivity contribution in [1.82, 2.24) is 14.7 Å². The zero-order valence-electron chi connectivity index (χ0n) is 11.3. The Morgan fingerprint density at radius 3 is 2.47 bits per heavy atom. The fraction of sp³-hybridized carbons (Fsp3) is 0.667. The molecule has 1 unspecified atom stereocenters. The molecule has 0 aliphatic carbocycles. The molecule has 0 fully saturated rings. The summed E-state index contributed by atoms with van der Waals surface area (Å²) in [5.41, 5.74) is 0. The van der Waals surface area contributed by atoms with Gasteiger partial charge in [0.1, 0.15) is 4.90 Å². The molecule has 0 spiro atoms. The highest BCUT2D eigenvalue weighted by Gasteiger charge is 2.17. The van der Waals surface area contributed by atoms with Crippen LogP contribution < -0.4 is 4.72 Å². The molecular weight excluding hydrogens is 286 g/mol. The lowest BCUT2D eigenvalue weighted by Crippen LogP contribution is -2.32. The Labute approximate surface area is 119 Å². The topological polar surface area (TPSA) is 72.0 Å². The molecule has 0 radical (unpaired) electrons. The predicted molar refractivity (Wildman–Crippen MR) is 75.6 cm³/mol. The summed E-state index contributed by atoms with van der Waals surface area (Å²) in [4.78, 5) is 7.39. The van der Waals surface area contributed by atoms with Gasteiger partial charge in [-0.05, 0) is 24.9 Å². The van der Waals surface area contributed by atoms with Crippen molar-refractivity contribution in [3.8, 4) is 0 Å². The average molecular weight is 306 g/mol. The molecule has 7 heteroatoms. The zero-order chi connectivity index (χ0) is 14.3. The van der Waals surface area contributed by atoms with Gasteiger partial charge in [-0.2, -0.15) is 0 Å². The third-order valence-electron chi connectivity index (χ3n) is 2.75. The van der Waals surface area contributed by atoms with Crippen LogP contribution in [0.15, 0.2) is 17.3 Å². The molecular formula is C12H20ClN3O2S. The number of nitrogens with one attached hydrogen (secondary N) is 1. The van der Waals surface area contributed by atoms with E-state index in [2.05, 4.69) is 21.6 Å². The van der Waals surface area contributed by atoms with Gasteiger partial charge in [-0.25, -0.2) is 23.1 Å². The van der Waals surface area contributed by atoms with Crippen molar-refractivity contribution >= 4 is 21.6 Å². The molecule has 19 heavy (non-hydrogen) atoms. The van der Waals surface area contributed by atoms with Crippen molar-refractivity contribution in [2.24, 2.45) is 0 Å². The molecule has 0 aromatic carbocycles. The Morgan fingerprint density at radius 1 is 1.26 bits per heavy atom. The molecule has 108 valence electrons. The van der Waals surface area contributed by atoms with Crippen LogP contribution in [0.5, 0.6) is 0 Å². The summed E-state index contributed by atoms with van der Waals surface area (Å²) < 4.78 is 26.6. The van der Waals surface area contributed by atoms with Crippen LogP contribution in [0, 0.1) is 0 Å². The second-order valence-electron chi connectivity index (χ2n) is 4.56. The molecule has 1 N–H and O–H groups in total. The number of hydrogen-bond acceptors (Lipinski definition) is 4. The van der Waals surface area contributed by atoms with Gasteiger partial charge in [0.25, 0.3) is 0 Å². The normalized spacial score (nSPS) is 13.4. The summed E-state index contributed by atoms with van der Waals surface area (Å²) in [6, 6.07) is -0.0995. The van der Waals surface area contributed by atoms with Gasteiger partial charge >= 0.3 is 0 Å². The lowest BCUT2D eigenvalue weighted by Gasteiger charge is -2.13. The lowest BCUT2D eigenvalue weighted by atomic mass is 10.1. The smallest absolute Gasteiger partial charge is 0.225 e. The van der Waals surface area contributed by atoms with Crippen molar-refractivity contribution in [1.29, 1.82) is 0 Å². The standard InChI is InChI=1S/C12H20ClN3O2S/c1-3-4-5-6-7-10(2)16-19(17,18)11-8-14-12(13)15-9-11/h8-10,16H,3-7H2,1-2H3. The van der Waals surface area contributed by atoms with Gasteiger partial charge in [0.15, 0.2) is 0 Å². The number of halogens is 1. The second-order valence-corrected chi connectivity index (χ2v) is 6.61. The summed E-state index contributed by atoms with van der Waals surface area (Å²) in [7, 11) is -3.55. The summed E-state index contributed by atoms with van der Waals surface area (Å²) in [5, 5.41) is 0.0339. The third-order valence-corrected chi connectivity index (χ3v) is 4.49. The number of unbranched alkanes of at least 4 members (excludes halogenated alkanes) is 3. The monoisotopic (exact) mass is 305 g/mol. The van der Waals surface area contributed by atoms with E-state index in [1.54, 1.807) is 0 Å². The minimum absolute atomic E-state index is 0.0339. The second kappa shape index (κ2) is 7.77. The summed E-state index contributed by atoms with van der Waals surface area (Å²) in [6.45, 7) is 4.01. The molecule has 1 aromatic rings. The molecule has 0 aliphatic heterocycles. The predicted octanol–water partition coefficient (Wildman–Crippen LogP) is 2.77. The van der Waals surface area contributed by atoms with Gasteiger partial charge in [-0.15, -0.1) is 0 Å². The highest BCUT2D eigenvalue weighted by atomic mass is 35.5. The first-order chi connectivity index (χ1) is 8.95. The van der Waals surface area contributed by atoms with Gasteiger partial charge in [0.05, 0.1) is 12.4 Å². The fourth-order valence-corrected chi connectivity index (χ4v) is 2.97. The highest BCUT2D eigenvalue weighted by molar-refractivity contribution is 7.89. The van der Waals surface area contributed by atoms with E-state index in [9.17, 15) is 8.42 Å². The number of aromatic nitrogens is 2. The van der Waals surface area contributed by atoms with Crippen LogP contribution in [0.4, 0.5) is 0 Å². The molecule has 0 bridgehead atoms. The minimum Gasteiger partial charge on any atom is -0.225 e. The molecule has 1 rings (SSSR count). The average Bonchev–Trinajstić information content (AvgIpc) is 2.34. The fourth-order valence-electron chi connectivity index (χ4n) is 1.71. The minimum atomic E-state index is -3.55. The van der Waals surface area contributed by atoms with E-state index in [0.717, 1.165) is 19.3 Å². The van der Waals surface area contributed by atoms with Crippen LogP contribution >= 0.6 is 11.6 Å². The van der Waals surface area contributed by atoms with E-state index in [1.807, 2.05) is 6.92 Å². The first kappa shape index (κ1) is 16.3. The number of hydrogen-bond donors (Lipinski definition) is 1. The SMILES string of the molecule is CCCCCCC(C)NS(=O)(=O)c1cnc(Cl)nc1. The Bertz CT molecular complexity index is 476. The quantitative estimate of drug-likeness (QED) is 0.592. The van der Waals surface area contributed by atoms with E-state index in [4.69, 9.17) is 11.6 Å². The first-order valence-corrected chi connectivity index (χ1v) is 8.31. The Balaban J connectivity index is 2.52. The van der Waals surface area contributed by atoms with Crippen LogP contribution in [-0.2, 0) is 10.0 Å². The summed E-state index contributed by atoms with van der Waals surface area (Å²) >= 11 is 5.53. The van der Waals surface area contributed by atoms with Crippen LogP contribution in [-0.4, -0.2) is 24.4 Å². The van der Waals surface area contributed by atoms with E-state index >= 15 is 0 Å². The van der Waals surface area contributed by atoms with Gasteiger partial charge in [-0.3, -0.25) is 0 Å². The van der Waals surface area contributed by atoms with Crippen LogP contribution in [0.2, 0.25) is 5.28 Å². The van der Waals surface area contributed by atoms with Crippen LogP contribution in [0.1, 0.15) is 46.0 Å². The van der Waals surface area contributed by atoms with E-state index in [-0.39, 0.29) is 16.2 Å². The zero-order valence-corrected chi connectivity index (χ0v) is 12.8. The highest BCUT2D eigenvalue weighted by Crippen LogP contribution is 2.11. The summed E-state index contributed by atoms with van der Waals surface area (Å²) in [6.07, 6.45) is 7.75. The van der Waals surface area contributed by atoms with Crippen molar-refractivity contribution in [2.75, 3.05) is 0 Å². The van der Waals surface area contributed by atoms with Crippen LogP contribution in [0.3, 0.4) is 0 Å². The first-order valence-electron chi connectivity index (χ1n) is 6.45. The molecule has 1 atom stereocenters. The molecule has 1 heterocycles. The largest absolute Gasteiger partial charge is 0.243 e. The van der Waals surface area contributed by atoms with Gasteiger partial charge in [0, 0.05) is 6.04 Å². The maximum atomic E-state index is 12.0. The molecule has 0 saturated carbocycles. The Morgan fingerprint density at radius 2 is 1.89 bits per heavy atom. The molecule has 0 aliphatic rings. The molecule has 0 amide bonds. The molecule has 5 nitrogen and oxygen atoms in total. The maximum Gasteiger partial charge on any atom is 0.243 e. The van der Waals surface area contributed by atoms with Crippen molar-refractivity contribution in [2.45, 2.75) is 56.9 Å². The van der Waals surface area contributed by atoms with E-state index < -0.39 is 10.0 Å². The van der Waals surface area contributed by atoms with E-state index in [0.29, 0.717) is 0 Å². The van der Waals surface area contributed by atoms with Crippen molar-refractivity contribution < 1.29 is 8.42 Å². The van der Waals surface area contributed by atoms with Gasteiger partial charge in [-0.1, -0.05) is 32.6 Å². The Hall–Kier alpha value is -0.720. The Kier molecular flexibility index (Phi) is 6.68.